The first-order valence-corrected chi connectivity index (χ1v) is 17.1. The normalized spacial score (nSPS) is 27.4. The SMILES string of the molecule is C/C=C(\C)C(=O)NCC1NC(=O)C(C(=O)O)NC(=O)C(O)CNC(=O)C(C(C)O)NC(=O)C(C(O)C(O)C(N)=O)NC(=O)C(C(C)C)CC(=O)C(CO)NC1=O. The molecule has 1 rings (SSSR count). The van der Waals surface area contributed by atoms with Crippen LogP contribution in [0.2, 0.25) is 0 Å². The number of nitrogens with one attached hydrogen (secondary N) is 7. The molecule has 1 saturated heterocycles. The lowest BCUT2D eigenvalue weighted by atomic mass is 9.87. The van der Waals surface area contributed by atoms with Crippen LogP contribution >= 0.6 is 0 Å². The Hall–Kier alpha value is -5.56. The molecule has 0 radical (unpaired) electrons. The van der Waals surface area contributed by atoms with Crippen molar-refractivity contribution in [2.45, 2.75) is 95.7 Å². The van der Waals surface area contributed by atoms with Gasteiger partial charge in [-0.25, -0.2) is 4.79 Å². The predicted molar refractivity (Wildman–Crippen MR) is 187 cm³/mol. The van der Waals surface area contributed by atoms with Crippen LogP contribution in [0.15, 0.2) is 11.6 Å². The number of β-amino-alcohol motifs (C(OH)–C–C–N with tert-alkyl or cyclic N) is 1. The summed E-state index contributed by atoms with van der Waals surface area (Å²) in [6, 6.07) is -10.5. The number of hydrogen-bond acceptors (Lipinski definition) is 15. The Bertz CT molecular complexity index is 1550. The number of hydrogen-bond donors (Lipinski definition) is 14. The van der Waals surface area contributed by atoms with E-state index in [9.17, 15) is 78.6 Å². The summed E-state index contributed by atoms with van der Waals surface area (Å²) in [5.74, 6) is -15.9. The van der Waals surface area contributed by atoms with Crippen molar-refractivity contribution in [1.82, 2.24) is 37.2 Å². The van der Waals surface area contributed by atoms with Crippen LogP contribution in [-0.2, 0) is 47.9 Å². The smallest absolute Gasteiger partial charge is 0.336 e. The molecule has 0 saturated carbocycles. The Kier molecular flexibility index (Phi) is 19.1. The number of ketones is 1. The first-order valence-electron chi connectivity index (χ1n) is 17.1. The monoisotopic (exact) mass is 802 g/mol. The van der Waals surface area contributed by atoms with Crippen LogP contribution in [0.3, 0.4) is 0 Å². The average Bonchev–Trinajstić information content (AvgIpc) is 3.13. The fourth-order valence-corrected chi connectivity index (χ4v) is 4.86. The van der Waals surface area contributed by atoms with Crippen LogP contribution in [0.4, 0.5) is 0 Å². The number of nitrogens with two attached hydrogens (primary N) is 1. The predicted octanol–water partition coefficient (Wildman–Crippen LogP) is -8.12. The van der Waals surface area contributed by atoms with E-state index in [1.807, 2.05) is 16.0 Å². The van der Waals surface area contributed by atoms with E-state index < -0.39 is 152 Å². The van der Waals surface area contributed by atoms with Crippen molar-refractivity contribution in [1.29, 1.82) is 0 Å². The summed E-state index contributed by atoms with van der Waals surface area (Å²) in [6.07, 6.45) is -8.47. The summed E-state index contributed by atoms with van der Waals surface area (Å²) >= 11 is 0. The van der Waals surface area contributed by atoms with E-state index in [1.54, 1.807) is 5.32 Å². The van der Waals surface area contributed by atoms with Crippen molar-refractivity contribution in [3.8, 4) is 0 Å². The van der Waals surface area contributed by atoms with Gasteiger partial charge in [-0.3, -0.25) is 43.2 Å². The minimum atomic E-state index is -2.52. The number of primary amides is 1. The minimum absolute atomic E-state index is 0.157. The van der Waals surface area contributed by atoms with Gasteiger partial charge in [0.25, 0.3) is 11.8 Å². The standard InChI is InChI=1S/C32H50N8O16/c1-6-12(4)25(48)34-8-15-27(50)37-16(10-41)17(43)7-14(11(2)3)26(49)39-20(22(45)23(46)24(33)47)30(53)38-19(13(5)42)29(52)35-9-18(44)28(51)40-21(32(55)56)31(54)36-15/h6,11,13-16,18-23,41-42,44-46H,7-10H2,1-5H3,(H2,33,47)(H,34,48)(H,35,52)(H,36,54)(H,37,50)(H,38,53)(H,39,49)(H,40,51)(H,55,56)/b12-6+. The zero-order valence-corrected chi connectivity index (χ0v) is 31.1. The second kappa shape index (κ2) is 22.1. The van der Waals surface area contributed by atoms with Gasteiger partial charge in [0.15, 0.2) is 11.9 Å². The Morgan fingerprint density at radius 2 is 1.39 bits per heavy atom. The molecule has 1 aliphatic rings. The molecule has 0 spiro atoms. The van der Waals surface area contributed by atoms with Gasteiger partial charge in [-0.1, -0.05) is 19.9 Å². The molecule has 15 N–H and O–H groups in total. The van der Waals surface area contributed by atoms with Gasteiger partial charge in [0.2, 0.25) is 41.5 Å². The molecule has 24 nitrogen and oxygen atoms in total. The van der Waals surface area contributed by atoms with Crippen molar-refractivity contribution in [3.63, 3.8) is 0 Å². The van der Waals surface area contributed by atoms with Crippen LogP contribution in [-0.4, -0.2) is 164 Å². The lowest BCUT2D eigenvalue weighted by Gasteiger charge is -2.30. The molecule has 56 heavy (non-hydrogen) atoms. The van der Waals surface area contributed by atoms with Crippen LogP contribution in [0.5, 0.6) is 0 Å². The molecular weight excluding hydrogens is 752 g/mol. The summed E-state index contributed by atoms with van der Waals surface area (Å²) in [5.41, 5.74) is 5.21. The maximum absolute atomic E-state index is 13.6. The molecule has 0 bridgehead atoms. The number of carboxylic acids is 1. The Morgan fingerprint density at radius 1 is 0.821 bits per heavy atom. The molecule has 1 heterocycles. The molecule has 0 aromatic rings. The highest BCUT2D eigenvalue weighted by atomic mass is 16.4. The van der Waals surface area contributed by atoms with Gasteiger partial charge in [0.05, 0.1) is 19.3 Å². The van der Waals surface area contributed by atoms with Gasteiger partial charge < -0.3 is 73.6 Å². The lowest BCUT2D eigenvalue weighted by molar-refractivity contribution is -0.148. The number of amides is 8. The van der Waals surface area contributed by atoms with Crippen LogP contribution in [0.25, 0.3) is 0 Å². The van der Waals surface area contributed by atoms with E-state index in [0.717, 1.165) is 6.92 Å². The molecule has 0 aromatic heterocycles. The molecule has 24 heteroatoms. The second-order valence-corrected chi connectivity index (χ2v) is 13.1. The van der Waals surface area contributed by atoms with Gasteiger partial charge in [0, 0.05) is 24.5 Å². The highest BCUT2D eigenvalue weighted by Gasteiger charge is 2.41. The first-order chi connectivity index (χ1) is 26.0. The van der Waals surface area contributed by atoms with Gasteiger partial charge in [-0.05, 0) is 26.7 Å². The van der Waals surface area contributed by atoms with Gasteiger partial charge in [-0.15, -0.1) is 0 Å². The molecule has 314 valence electrons. The average molecular weight is 803 g/mol. The molecular formula is C32H50N8O16. The van der Waals surface area contributed by atoms with E-state index >= 15 is 0 Å². The number of aliphatic hydroxyl groups excluding tert-OH is 5. The minimum Gasteiger partial charge on any atom is -0.479 e. The fourth-order valence-electron chi connectivity index (χ4n) is 4.86. The topological polar surface area (TPSA) is 402 Å². The number of allylic oxidation sites excluding steroid dienone is 1. The highest BCUT2D eigenvalue weighted by molar-refractivity contribution is 6.06. The molecule has 1 aliphatic heterocycles. The number of carbonyl (C=O) groups excluding carboxylic acids is 9. The second-order valence-electron chi connectivity index (χ2n) is 13.1. The Morgan fingerprint density at radius 3 is 1.89 bits per heavy atom. The van der Waals surface area contributed by atoms with Crippen molar-refractivity contribution in [2.24, 2.45) is 17.6 Å². The summed E-state index contributed by atoms with van der Waals surface area (Å²) in [4.78, 5) is 129. The number of carbonyl (C=O) groups is 10. The van der Waals surface area contributed by atoms with Gasteiger partial charge in [-0.2, -0.15) is 0 Å². The zero-order valence-electron chi connectivity index (χ0n) is 31.1. The quantitative estimate of drug-likeness (QED) is 0.0720. The molecule has 10 atom stereocenters. The molecule has 8 amide bonds. The summed E-state index contributed by atoms with van der Waals surface area (Å²) < 4.78 is 0. The lowest BCUT2D eigenvalue weighted by Crippen LogP contribution is -2.64. The number of aliphatic carboxylic acids is 1. The number of rotatable bonds is 10. The van der Waals surface area contributed by atoms with Gasteiger partial charge >= 0.3 is 5.97 Å². The van der Waals surface area contributed by atoms with E-state index in [-0.39, 0.29) is 5.57 Å². The van der Waals surface area contributed by atoms with Crippen molar-refractivity contribution in [2.75, 3.05) is 19.7 Å². The first kappa shape index (κ1) is 48.5. The van der Waals surface area contributed by atoms with E-state index in [2.05, 4.69) is 16.0 Å². The van der Waals surface area contributed by atoms with Crippen LogP contribution in [0.1, 0.15) is 41.0 Å². The van der Waals surface area contributed by atoms with Crippen molar-refractivity contribution < 1.29 is 78.6 Å². The van der Waals surface area contributed by atoms with Crippen molar-refractivity contribution >= 4 is 59.0 Å². The van der Waals surface area contributed by atoms with Gasteiger partial charge in [0.1, 0.15) is 36.4 Å². The van der Waals surface area contributed by atoms with Crippen molar-refractivity contribution in [3.05, 3.63) is 11.6 Å². The molecule has 1 fully saturated rings. The highest BCUT2D eigenvalue weighted by Crippen LogP contribution is 2.18. The maximum atomic E-state index is 13.6. The number of carboxylic acid groups (broad SMARTS) is 1. The molecule has 0 aromatic carbocycles. The van der Waals surface area contributed by atoms with E-state index in [0.29, 0.717) is 0 Å². The largest absolute Gasteiger partial charge is 0.479 e. The summed E-state index contributed by atoms with van der Waals surface area (Å²) in [7, 11) is 0. The summed E-state index contributed by atoms with van der Waals surface area (Å²) in [6.45, 7) is 3.91. The Balaban J connectivity index is 3.81. The molecule has 10 unspecified atom stereocenters. The molecule has 0 aliphatic carbocycles. The summed E-state index contributed by atoms with van der Waals surface area (Å²) in [5, 5.41) is 75.5. The van der Waals surface area contributed by atoms with E-state index in [4.69, 9.17) is 5.73 Å². The Labute approximate surface area is 319 Å². The van der Waals surface area contributed by atoms with Crippen LogP contribution < -0.4 is 43.0 Å². The fraction of sp³-hybridized carbons (Fsp3) is 0.625. The number of Topliss-reactive ketones (excluding diaryl/α,β-unsaturated/α-hetero) is 1. The maximum Gasteiger partial charge on any atom is 0.336 e. The third-order valence-corrected chi connectivity index (χ3v) is 8.51. The third kappa shape index (κ3) is 13.9. The number of aliphatic hydroxyl groups is 5. The van der Waals surface area contributed by atoms with Crippen LogP contribution in [0, 0.1) is 11.8 Å². The third-order valence-electron chi connectivity index (χ3n) is 8.51. The van der Waals surface area contributed by atoms with E-state index in [1.165, 1.54) is 33.8 Å². The zero-order chi connectivity index (χ0) is 43.2.